The van der Waals surface area contributed by atoms with Crippen LogP contribution in [0.4, 0.5) is 0 Å². The molecular weight excluding hydrogens is 264 g/mol. The smallest absolute Gasteiger partial charge is 0.282 e. The minimum absolute atomic E-state index is 0.0293. The average molecular weight is 278 g/mol. The Bertz CT molecular complexity index is 587. The van der Waals surface area contributed by atoms with Gasteiger partial charge >= 0.3 is 0 Å². The number of hydrogen-bond acceptors (Lipinski definition) is 4. The fourth-order valence-corrected chi connectivity index (χ4v) is 3.38. The lowest BCUT2D eigenvalue weighted by Crippen LogP contribution is -2.08. The van der Waals surface area contributed by atoms with Gasteiger partial charge < -0.3 is 0 Å². The summed E-state index contributed by atoms with van der Waals surface area (Å²) in [6.07, 6.45) is 1.25. The van der Waals surface area contributed by atoms with Crippen molar-refractivity contribution in [2.24, 2.45) is 0 Å². The SMILES string of the molecule is CCCCS(=O)(=O)c1cccc(S(=O)(=O)O)c1. The third-order valence-corrected chi connectivity index (χ3v) is 4.88. The maximum atomic E-state index is 11.8. The Morgan fingerprint density at radius 3 is 2.24 bits per heavy atom. The number of sulfone groups is 1. The lowest BCUT2D eigenvalue weighted by Gasteiger charge is -2.04. The van der Waals surface area contributed by atoms with Crippen molar-refractivity contribution < 1.29 is 21.4 Å². The van der Waals surface area contributed by atoms with Crippen molar-refractivity contribution in [3.05, 3.63) is 24.3 Å². The molecule has 0 aliphatic carbocycles. The molecule has 1 N–H and O–H groups in total. The van der Waals surface area contributed by atoms with Gasteiger partial charge in [0.1, 0.15) is 0 Å². The van der Waals surface area contributed by atoms with Gasteiger partial charge in [0.05, 0.1) is 15.5 Å². The van der Waals surface area contributed by atoms with E-state index in [2.05, 4.69) is 0 Å². The van der Waals surface area contributed by atoms with Crippen molar-refractivity contribution >= 4 is 20.0 Å². The van der Waals surface area contributed by atoms with Gasteiger partial charge in [0.25, 0.3) is 10.1 Å². The van der Waals surface area contributed by atoms with Crippen molar-refractivity contribution in [2.45, 2.75) is 29.6 Å². The maximum Gasteiger partial charge on any atom is 0.294 e. The lowest BCUT2D eigenvalue weighted by molar-refractivity contribution is 0.483. The summed E-state index contributed by atoms with van der Waals surface area (Å²) >= 11 is 0. The number of benzene rings is 1. The van der Waals surface area contributed by atoms with Crippen molar-refractivity contribution in [3.8, 4) is 0 Å². The van der Waals surface area contributed by atoms with Gasteiger partial charge in [-0.15, -0.1) is 0 Å². The molecule has 0 spiro atoms. The minimum atomic E-state index is -4.37. The van der Waals surface area contributed by atoms with Crippen LogP contribution in [0.25, 0.3) is 0 Å². The van der Waals surface area contributed by atoms with E-state index in [4.69, 9.17) is 4.55 Å². The van der Waals surface area contributed by atoms with Gasteiger partial charge in [-0.05, 0) is 24.6 Å². The summed E-state index contributed by atoms with van der Waals surface area (Å²) in [4.78, 5) is -0.490. The molecule has 0 heterocycles. The highest BCUT2D eigenvalue weighted by molar-refractivity contribution is 7.91. The largest absolute Gasteiger partial charge is 0.294 e. The molecule has 1 aromatic rings. The topological polar surface area (TPSA) is 88.5 Å². The van der Waals surface area contributed by atoms with E-state index in [1.807, 2.05) is 6.92 Å². The number of rotatable bonds is 5. The van der Waals surface area contributed by atoms with E-state index < -0.39 is 24.9 Å². The van der Waals surface area contributed by atoms with Gasteiger partial charge in [-0.3, -0.25) is 4.55 Å². The molecule has 0 saturated heterocycles. The van der Waals surface area contributed by atoms with Crippen LogP contribution >= 0.6 is 0 Å². The van der Waals surface area contributed by atoms with E-state index in [1.165, 1.54) is 12.1 Å². The number of unbranched alkanes of at least 4 members (excludes halogenated alkanes) is 1. The van der Waals surface area contributed by atoms with E-state index in [-0.39, 0.29) is 10.6 Å². The summed E-state index contributed by atoms with van der Waals surface area (Å²) in [5.41, 5.74) is 0. The zero-order valence-electron chi connectivity index (χ0n) is 9.33. The summed E-state index contributed by atoms with van der Waals surface area (Å²) in [6, 6.07) is 4.73. The van der Waals surface area contributed by atoms with Gasteiger partial charge in [0.2, 0.25) is 0 Å². The van der Waals surface area contributed by atoms with Crippen molar-refractivity contribution in [3.63, 3.8) is 0 Å². The monoisotopic (exact) mass is 278 g/mol. The molecule has 0 unspecified atom stereocenters. The first-order chi connectivity index (χ1) is 7.77. The Kier molecular flexibility index (Phi) is 4.29. The van der Waals surface area contributed by atoms with Crippen LogP contribution in [-0.2, 0) is 20.0 Å². The van der Waals surface area contributed by atoms with Gasteiger partial charge in [-0.2, -0.15) is 8.42 Å². The molecule has 17 heavy (non-hydrogen) atoms. The van der Waals surface area contributed by atoms with E-state index in [0.717, 1.165) is 18.6 Å². The van der Waals surface area contributed by atoms with E-state index in [1.54, 1.807) is 0 Å². The third-order valence-electron chi connectivity index (χ3n) is 2.23. The molecule has 5 nitrogen and oxygen atoms in total. The fourth-order valence-electron chi connectivity index (χ4n) is 1.28. The van der Waals surface area contributed by atoms with Gasteiger partial charge in [0.15, 0.2) is 9.84 Å². The maximum absolute atomic E-state index is 11.8. The van der Waals surface area contributed by atoms with Crippen LogP contribution in [-0.4, -0.2) is 27.1 Å². The summed E-state index contributed by atoms with van der Waals surface area (Å²) in [5, 5.41) is 0. The second kappa shape index (κ2) is 5.16. The average Bonchev–Trinajstić information content (AvgIpc) is 2.25. The molecule has 0 aliphatic rings. The predicted molar refractivity (Wildman–Crippen MR) is 63.2 cm³/mol. The molecule has 0 fully saturated rings. The van der Waals surface area contributed by atoms with Crippen LogP contribution in [0.15, 0.2) is 34.1 Å². The van der Waals surface area contributed by atoms with Crippen LogP contribution in [0, 0.1) is 0 Å². The number of hydrogen-bond donors (Lipinski definition) is 1. The van der Waals surface area contributed by atoms with E-state index in [9.17, 15) is 16.8 Å². The summed E-state index contributed by atoms with van der Waals surface area (Å²) < 4.78 is 54.2. The Balaban J connectivity index is 3.17. The molecule has 0 aliphatic heterocycles. The van der Waals surface area contributed by atoms with Crippen molar-refractivity contribution in [2.75, 3.05) is 5.75 Å². The van der Waals surface area contributed by atoms with E-state index in [0.29, 0.717) is 6.42 Å². The molecule has 0 radical (unpaired) electrons. The highest BCUT2D eigenvalue weighted by Gasteiger charge is 2.17. The Hall–Kier alpha value is -0.920. The quantitative estimate of drug-likeness (QED) is 0.825. The first kappa shape index (κ1) is 14.1. The zero-order valence-corrected chi connectivity index (χ0v) is 11.0. The molecule has 1 aromatic carbocycles. The first-order valence-electron chi connectivity index (χ1n) is 5.07. The summed E-state index contributed by atoms with van der Waals surface area (Å²) in [5.74, 6) is -0.0293. The van der Waals surface area contributed by atoms with Crippen LogP contribution < -0.4 is 0 Å². The van der Waals surface area contributed by atoms with Crippen LogP contribution in [0.3, 0.4) is 0 Å². The zero-order chi connectivity index (χ0) is 13.1. The Labute approximate surface area is 101 Å². The predicted octanol–water partition coefficient (Wildman–Crippen LogP) is 1.51. The van der Waals surface area contributed by atoms with Gasteiger partial charge in [-0.25, -0.2) is 8.42 Å². The molecule has 0 aromatic heterocycles. The molecule has 96 valence electrons. The van der Waals surface area contributed by atoms with Crippen LogP contribution in [0.1, 0.15) is 19.8 Å². The summed E-state index contributed by atoms with van der Waals surface area (Å²) in [7, 11) is -7.85. The molecular formula is C10H14O5S2. The van der Waals surface area contributed by atoms with E-state index >= 15 is 0 Å². The highest BCUT2D eigenvalue weighted by Crippen LogP contribution is 2.17. The molecule has 1 rings (SSSR count). The normalized spacial score (nSPS) is 12.6. The molecule has 0 saturated carbocycles. The fraction of sp³-hybridized carbons (Fsp3) is 0.400. The lowest BCUT2D eigenvalue weighted by atomic mass is 10.4. The van der Waals surface area contributed by atoms with Crippen molar-refractivity contribution in [1.82, 2.24) is 0 Å². The Morgan fingerprint density at radius 2 is 1.71 bits per heavy atom. The minimum Gasteiger partial charge on any atom is -0.282 e. The van der Waals surface area contributed by atoms with Crippen LogP contribution in [0.5, 0.6) is 0 Å². The molecule has 7 heteroatoms. The highest BCUT2D eigenvalue weighted by atomic mass is 32.2. The molecule has 0 atom stereocenters. The van der Waals surface area contributed by atoms with Crippen molar-refractivity contribution in [1.29, 1.82) is 0 Å². The molecule has 0 amide bonds. The third kappa shape index (κ3) is 3.79. The van der Waals surface area contributed by atoms with Gasteiger partial charge in [0, 0.05) is 0 Å². The second-order valence-corrected chi connectivity index (χ2v) is 7.15. The second-order valence-electron chi connectivity index (χ2n) is 3.62. The Morgan fingerprint density at radius 1 is 1.12 bits per heavy atom. The van der Waals surface area contributed by atoms with Crippen LogP contribution in [0.2, 0.25) is 0 Å². The summed E-state index contributed by atoms with van der Waals surface area (Å²) in [6.45, 7) is 1.87. The molecule has 0 bridgehead atoms. The van der Waals surface area contributed by atoms with Gasteiger partial charge in [-0.1, -0.05) is 19.4 Å². The standard InChI is InChI=1S/C10H14O5S2/c1-2-3-7-16(11,12)9-5-4-6-10(8-9)17(13,14)15/h4-6,8H,2-3,7H2,1H3,(H,13,14,15). The first-order valence-corrected chi connectivity index (χ1v) is 8.17.